The number of amides is 1. The fraction of sp³-hybridized carbons (Fsp3) is 0.273. The molecule has 7 nitrogen and oxygen atoms in total. The van der Waals surface area contributed by atoms with Gasteiger partial charge in [-0.15, -0.1) is 5.10 Å². The number of nitrogens with two attached hydrogens (primary N) is 1. The Morgan fingerprint density at radius 3 is 2.95 bits per heavy atom. The van der Waals surface area contributed by atoms with Crippen LogP contribution in [0.25, 0.3) is 0 Å². The summed E-state index contributed by atoms with van der Waals surface area (Å²) >= 11 is 1.32. The molecule has 1 aromatic heterocycles. The minimum Gasteiger partial charge on any atom is -0.398 e. The van der Waals surface area contributed by atoms with Gasteiger partial charge in [-0.3, -0.25) is 4.79 Å². The van der Waals surface area contributed by atoms with Crippen LogP contribution in [0.15, 0.2) is 28.3 Å². The zero-order chi connectivity index (χ0) is 13.8. The Labute approximate surface area is 114 Å². The first-order chi connectivity index (χ1) is 9.11. The second-order valence-corrected chi connectivity index (χ2v) is 4.81. The number of carbonyl (C=O) groups is 1. The maximum absolute atomic E-state index is 11.8. The minimum atomic E-state index is -0.125. The minimum absolute atomic E-state index is 0.125. The molecule has 8 heteroatoms. The topological polar surface area (TPSA) is 98.7 Å². The van der Waals surface area contributed by atoms with Gasteiger partial charge < -0.3 is 11.1 Å². The van der Waals surface area contributed by atoms with Crippen molar-refractivity contribution in [1.82, 2.24) is 25.5 Å². The smallest absolute Gasteiger partial charge is 0.251 e. The molecule has 0 aliphatic heterocycles. The van der Waals surface area contributed by atoms with Crippen LogP contribution in [0.3, 0.4) is 0 Å². The predicted octanol–water partition coefficient (Wildman–Crippen LogP) is 0.693. The number of rotatable bonds is 4. The molecular weight excluding hydrogens is 264 g/mol. The molecule has 0 bridgehead atoms. The molecule has 0 fully saturated rings. The first-order valence-corrected chi connectivity index (χ1v) is 6.51. The number of aromatic nitrogens is 4. The van der Waals surface area contributed by atoms with Crippen molar-refractivity contribution in [2.45, 2.75) is 17.0 Å². The lowest BCUT2D eigenvalue weighted by molar-refractivity contribution is 0.0955. The Kier molecular flexibility index (Phi) is 4.00. The van der Waals surface area contributed by atoms with E-state index in [9.17, 15) is 4.79 Å². The highest BCUT2D eigenvalue weighted by Gasteiger charge is 2.11. The SMILES string of the molecule is CCNC(=O)c1ccc(N)c(Sc2nnnn2C)c1. The summed E-state index contributed by atoms with van der Waals surface area (Å²) in [4.78, 5) is 12.5. The van der Waals surface area contributed by atoms with Crippen molar-refractivity contribution in [3.8, 4) is 0 Å². The van der Waals surface area contributed by atoms with E-state index in [-0.39, 0.29) is 5.91 Å². The molecule has 0 spiro atoms. The van der Waals surface area contributed by atoms with Gasteiger partial charge in [-0.05, 0) is 47.3 Å². The van der Waals surface area contributed by atoms with Crippen molar-refractivity contribution < 1.29 is 4.79 Å². The van der Waals surface area contributed by atoms with Gasteiger partial charge in [0.2, 0.25) is 5.16 Å². The zero-order valence-electron chi connectivity index (χ0n) is 10.6. The number of hydrogen-bond acceptors (Lipinski definition) is 6. The fourth-order valence-electron chi connectivity index (χ4n) is 1.43. The molecule has 0 saturated heterocycles. The summed E-state index contributed by atoms with van der Waals surface area (Å²) < 4.78 is 1.54. The molecule has 0 atom stereocenters. The van der Waals surface area contributed by atoms with Crippen LogP contribution < -0.4 is 11.1 Å². The van der Waals surface area contributed by atoms with Gasteiger partial charge in [-0.2, -0.15) is 0 Å². The van der Waals surface area contributed by atoms with Crippen molar-refractivity contribution >= 4 is 23.4 Å². The molecule has 0 radical (unpaired) electrons. The van der Waals surface area contributed by atoms with Gasteiger partial charge in [0.15, 0.2) is 0 Å². The number of benzene rings is 1. The number of hydrogen-bond donors (Lipinski definition) is 2. The zero-order valence-corrected chi connectivity index (χ0v) is 11.4. The van der Waals surface area contributed by atoms with Crippen molar-refractivity contribution in [1.29, 1.82) is 0 Å². The van der Waals surface area contributed by atoms with E-state index in [1.807, 2.05) is 6.92 Å². The summed E-state index contributed by atoms with van der Waals surface area (Å²) in [6.45, 7) is 2.45. The van der Waals surface area contributed by atoms with Gasteiger partial charge in [0, 0.05) is 29.7 Å². The number of nitrogens with zero attached hydrogens (tertiary/aromatic N) is 4. The number of carbonyl (C=O) groups excluding carboxylic acids is 1. The first-order valence-electron chi connectivity index (χ1n) is 5.69. The number of anilines is 1. The Bertz CT molecular complexity index is 597. The Morgan fingerprint density at radius 1 is 1.53 bits per heavy atom. The third-order valence-electron chi connectivity index (χ3n) is 2.40. The first kappa shape index (κ1) is 13.3. The monoisotopic (exact) mass is 278 g/mol. The van der Waals surface area contributed by atoms with Crippen LogP contribution in [0.5, 0.6) is 0 Å². The van der Waals surface area contributed by atoms with E-state index in [0.29, 0.717) is 23.0 Å². The highest BCUT2D eigenvalue weighted by molar-refractivity contribution is 7.99. The van der Waals surface area contributed by atoms with E-state index < -0.39 is 0 Å². The third kappa shape index (κ3) is 3.02. The molecule has 1 amide bonds. The molecule has 3 N–H and O–H groups in total. The lowest BCUT2D eigenvalue weighted by Gasteiger charge is -2.07. The van der Waals surface area contributed by atoms with E-state index >= 15 is 0 Å². The van der Waals surface area contributed by atoms with Crippen LogP contribution in [0.1, 0.15) is 17.3 Å². The van der Waals surface area contributed by atoms with Gasteiger partial charge in [0.05, 0.1) is 0 Å². The Balaban J connectivity index is 2.27. The van der Waals surface area contributed by atoms with Crippen LogP contribution in [-0.4, -0.2) is 32.7 Å². The van der Waals surface area contributed by atoms with E-state index in [4.69, 9.17) is 5.73 Å². The second kappa shape index (κ2) is 5.70. The lowest BCUT2D eigenvalue weighted by atomic mass is 10.2. The molecule has 2 aromatic rings. The number of tetrazole rings is 1. The maximum atomic E-state index is 11.8. The van der Waals surface area contributed by atoms with E-state index in [1.165, 1.54) is 11.8 Å². The van der Waals surface area contributed by atoms with Crippen LogP contribution in [0, 0.1) is 0 Å². The average Bonchev–Trinajstić information content (AvgIpc) is 2.78. The van der Waals surface area contributed by atoms with Crippen molar-refractivity contribution in [3.05, 3.63) is 23.8 Å². The lowest BCUT2D eigenvalue weighted by Crippen LogP contribution is -2.22. The van der Waals surface area contributed by atoms with Gasteiger partial charge in [-0.25, -0.2) is 4.68 Å². The van der Waals surface area contributed by atoms with Crippen molar-refractivity contribution in [2.75, 3.05) is 12.3 Å². The molecule has 1 aromatic carbocycles. The van der Waals surface area contributed by atoms with E-state index in [0.717, 1.165) is 4.90 Å². The largest absolute Gasteiger partial charge is 0.398 e. The Hall–Kier alpha value is -2.09. The summed E-state index contributed by atoms with van der Waals surface area (Å²) in [5.74, 6) is -0.125. The Morgan fingerprint density at radius 2 is 2.32 bits per heavy atom. The summed E-state index contributed by atoms with van der Waals surface area (Å²) in [5, 5.41) is 14.5. The van der Waals surface area contributed by atoms with E-state index in [1.54, 1.807) is 29.9 Å². The summed E-state index contributed by atoms with van der Waals surface area (Å²) in [7, 11) is 1.74. The van der Waals surface area contributed by atoms with E-state index in [2.05, 4.69) is 20.8 Å². The van der Waals surface area contributed by atoms with Crippen molar-refractivity contribution in [2.24, 2.45) is 7.05 Å². The molecule has 100 valence electrons. The maximum Gasteiger partial charge on any atom is 0.251 e. The van der Waals surface area contributed by atoms with Crippen LogP contribution in [0.2, 0.25) is 0 Å². The van der Waals surface area contributed by atoms with Crippen LogP contribution >= 0.6 is 11.8 Å². The molecule has 0 aliphatic rings. The number of nitrogens with one attached hydrogen (secondary N) is 1. The standard InChI is InChI=1S/C11H14N6OS/c1-3-13-10(18)7-4-5-8(12)9(6-7)19-11-14-15-16-17(11)2/h4-6H,3,12H2,1-2H3,(H,13,18). The summed E-state index contributed by atoms with van der Waals surface area (Å²) in [6, 6.07) is 5.13. The number of aryl methyl sites for hydroxylation is 1. The van der Waals surface area contributed by atoms with Crippen LogP contribution in [-0.2, 0) is 7.05 Å². The molecule has 19 heavy (non-hydrogen) atoms. The van der Waals surface area contributed by atoms with Crippen molar-refractivity contribution in [3.63, 3.8) is 0 Å². The molecule has 0 unspecified atom stereocenters. The van der Waals surface area contributed by atoms with Gasteiger partial charge in [0.1, 0.15) is 0 Å². The molecular formula is C11H14N6OS. The highest BCUT2D eigenvalue weighted by atomic mass is 32.2. The summed E-state index contributed by atoms with van der Waals surface area (Å²) in [6.07, 6.45) is 0. The molecule has 0 aliphatic carbocycles. The highest BCUT2D eigenvalue weighted by Crippen LogP contribution is 2.30. The average molecular weight is 278 g/mol. The van der Waals surface area contributed by atoms with Gasteiger partial charge in [0.25, 0.3) is 5.91 Å². The summed E-state index contributed by atoms with van der Waals surface area (Å²) in [5.41, 5.74) is 7.05. The molecule has 1 heterocycles. The quantitative estimate of drug-likeness (QED) is 0.798. The third-order valence-corrected chi connectivity index (χ3v) is 3.50. The molecule has 0 saturated carbocycles. The predicted molar refractivity (Wildman–Crippen MR) is 71.8 cm³/mol. The van der Waals surface area contributed by atoms with Gasteiger partial charge in [-0.1, -0.05) is 0 Å². The van der Waals surface area contributed by atoms with Crippen LogP contribution in [0.4, 0.5) is 5.69 Å². The number of nitrogen functional groups attached to an aromatic ring is 1. The normalized spacial score (nSPS) is 10.4. The molecule has 2 rings (SSSR count). The second-order valence-electron chi connectivity index (χ2n) is 3.80. The van der Waals surface area contributed by atoms with Gasteiger partial charge >= 0.3 is 0 Å². The fourth-order valence-corrected chi connectivity index (χ4v) is 2.25.